The van der Waals surface area contributed by atoms with Gasteiger partial charge in [0, 0.05) is 25.6 Å². The average Bonchev–Trinajstić information content (AvgIpc) is 2.36. The van der Waals surface area contributed by atoms with Crippen LogP contribution in [0.5, 0.6) is 0 Å². The fraction of sp³-hybridized carbons (Fsp3) is 0.875. The fourth-order valence-corrected chi connectivity index (χ4v) is 1.39. The number of rotatable bonds is 2. The zero-order valence-electron chi connectivity index (χ0n) is 7.05. The van der Waals surface area contributed by atoms with E-state index >= 15 is 0 Å². The van der Waals surface area contributed by atoms with Gasteiger partial charge in [0.25, 0.3) is 0 Å². The van der Waals surface area contributed by atoms with Crippen molar-refractivity contribution in [1.82, 2.24) is 4.90 Å². The Hall–Kier alpha value is -0.570. The molecule has 3 heteroatoms. The van der Waals surface area contributed by atoms with Gasteiger partial charge in [0.2, 0.25) is 5.91 Å². The largest absolute Gasteiger partial charge is 0.341 e. The van der Waals surface area contributed by atoms with Gasteiger partial charge in [0.05, 0.1) is 0 Å². The monoisotopic (exact) mass is 156 g/mol. The smallest absolute Gasteiger partial charge is 0.222 e. The minimum Gasteiger partial charge on any atom is -0.341 e. The summed E-state index contributed by atoms with van der Waals surface area (Å²) in [7, 11) is 0. The molecule has 0 bridgehead atoms. The predicted molar refractivity (Wildman–Crippen MR) is 44.1 cm³/mol. The maximum absolute atomic E-state index is 11.3. The van der Waals surface area contributed by atoms with Crippen molar-refractivity contribution in [2.24, 2.45) is 5.73 Å². The molecule has 1 saturated heterocycles. The minimum absolute atomic E-state index is 0.218. The van der Waals surface area contributed by atoms with Crippen LogP contribution < -0.4 is 5.73 Å². The molecule has 1 rings (SSSR count). The lowest BCUT2D eigenvalue weighted by atomic mass is 10.3. The second-order valence-electron chi connectivity index (χ2n) is 3.14. The van der Waals surface area contributed by atoms with Crippen LogP contribution in [0.4, 0.5) is 0 Å². The summed E-state index contributed by atoms with van der Waals surface area (Å²) in [6.07, 6.45) is 2.58. The van der Waals surface area contributed by atoms with Gasteiger partial charge in [-0.1, -0.05) is 6.92 Å². The van der Waals surface area contributed by atoms with Crippen molar-refractivity contribution in [3.05, 3.63) is 0 Å². The highest BCUT2D eigenvalue weighted by atomic mass is 16.2. The summed E-state index contributed by atoms with van der Waals surface area (Å²) in [6.45, 7) is 3.65. The molecule has 64 valence electrons. The molecule has 3 nitrogen and oxygen atoms in total. The first-order chi connectivity index (χ1) is 5.24. The van der Waals surface area contributed by atoms with Gasteiger partial charge < -0.3 is 10.6 Å². The summed E-state index contributed by atoms with van der Waals surface area (Å²) in [4.78, 5) is 13.1. The maximum atomic E-state index is 11.3. The van der Waals surface area contributed by atoms with Crippen LogP contribution in [0, 0.1) is 0 Å². The normalized spacial score (nSPS) is 24.2. The average molecular weight is 156 g/mol. The van der Waals surface area contributed by atoms with E-state index in [0.717, 1.165) is 25.9 Å². The number of carbonyl (C=O) groups excluding carboxylic acids is 1. The molecule has 2 N–H and O–H groups in total. The molecule has 0 aromatic heterocycles. The molecule has 1 aliphatic heterocycles. The summed E-state index contributed by atoms with van der Waals surface area (Å²) >= 11 is 0. The van der Waals surface area contributed by atoms with Gasteiger partial charge in [-0.15, -0.1) is 0 Å². The SMILES string of the molecule is CCCC(=O)N1CCC(N)C1. The molecule has 1 fully saturated rings. The lowest BCUT2D eigenvalue weighted by Crippen LogP contribution is -2.31. The van der Waals surface area contributed by atoms with E-state index in [2.05, 4.69) is 0 Å². The Bertz CT molecular complexity index is 147. The predicted octanol–water partition coefficient (Wildman–Crippen LogP) is 0.346. The Morgan fingerprint density at radius 1 is 1.73 bits per heavy atom. The molecule has 0 aromatic carbocycles. The lowest BCUT2D eigenvalue weighted by Gasteiger charge is -2.14. The Morgan fingerprint density at radius 2 is 2.45 bits per heavy atom. The first kappa shape index (κ1) is 8.53. The van der Waals surface area contributed by atoms with Crippen LogP contribution >= 0.6 is 0 Å². The van der Waals surface area contributed by atoms with Crippen LogP contribution in [0.25, 0.3) is 0 Å². The third-order valence-electron chi connectivity index (χ3n) is 2.04. The molecule has 11 heavy (non-hydrogen) atoms. The number of nitrogens with two attached hydrogens (primary N) is 1. The quantitative estimate of drug-likeness (QED) is 0.627. The van der Waals surface area contributed by atoms with Gasteiger partial charge >= 0.3 is 0 Å². The van der Waals surface area contributed by atoms with E-state index in [1.807, 2.05) is 11.8 Å². The van der Waals surface area contributed by atoms with Crippen LogP contribution in [0.15, 0.2) is 0 Å². The second-order valence-corrected chi connectivity index (χ2v) is 3.14. The van der Waals surface area contributed by atoms with Crippen LogP contribution in [-0.2, 0) is 4.79 Å². The third kappa shape index (κ3) is 2.19. The van der Waals surface area contributed by atoms with Crippen molar-refractivity contribution in [3.63, 3.8) is 0 Å². The molecule has 1 heterocycles. The van der Waals surface area contributed by atoms with Gasteiger partial charge in [-0.05, 0) is 12.8 Å². The first-order valence-electron chi connectivity index (χ1n) is 4.27. The molecule has 1 atom stereocenters. The third-order valence-corrected chi connectivity index (χ3v) is 2.04. The number of amides is 1. The number of hydrogen-bond acceptors (Lipinski definition) is 2. The number of nitrogens with zero attached hydrogens (tertiary/aromatic N) is 1. The zero-order chi connectivity index (χ0) is 8.27. The van der Waals surface area contributed by atoms with E-state index in [0.29, 0.717) is 6.42 Å². The maximum Gasteiger partial charge on any atom is 0.222 e. The highest BCUT2D eigenvalue weighted by molar-refractivity contribution is 5.76. The van der Waals surface area contributed by atoms with Crippen LogP contribution in [0.1, 0.15) is 26.2 Å². The number of likely N-dealkylation sites (tertiary alicyclic amines) is 1. The molecule has 0 saturated carbocycles. The first-order valence-corrected chi connectivity index (χ1v) is 4.27. The van der Waals surface area contributed by atoms with E-state index in [1.165, 1.54) is 0 Å². The summed E-state index contributed by atoms with van der Waals surface area (Å²) < 4.78 is 0. The standard InChI is InChI=1S/C8H16N2O/c1-2-3-8(11)10-5-4-7(9)6-10/h7H,2-6,9H2,1H3. The van der Waals surface area contributed by atoms with Crippen molar-refractivity contribution < 1.29 is 4.79 Å². The Balaban J connectivity index is 2.31. The van der Waals surface area contributed by atoms with E-state index in [9.17, 15) is 4.79 Å². The summed E-state index contributed by atoms with van der Waals surface area (Å²) in [5.41, 5.74) is 5.67. The number of hydrogen-bond donors (Lipinski definition) is 1. The molecule has 0 radical (unpaired) electrons. The molecule has 0 spiro atoms. The highest BCUT2D eigenvalue weighted by Crippen LogP contribution is 2.08. The topological polar surface area (TPSA) is 46.3 Å². The number of carbonyl (C=O) groups is 1. The van der Waals surface area contributed by atoms with Crippen molar-refractivity contribution >= 4 is 5.91 Å². The highest BCUT2D eigenvalue weighted by Gasteiger charge is 2.22. The van der Waals surface area contributed by atoms with Crippen molar-refractivity contribution in [2.75, 3.05) is 13.1 Å². The summed E-state index contributed by atoms with van der Waals surface area (Å²) in [6, 6.07) is 0.218. The van der Waals surface area contributed by atoms with Crippen molar-refractivity contribution in [1.29, 1.82) is 0 Å². The summed E-state index contributed by atoms with van der Waals surface area (Å²) in [5.74, 6) is 0.264. The van der Waals surface area contributed by atoms with Crippen LogP contribution in [0.2, 0.25) is 0 Å². The Morgan fingerprint density at radius 3 is 2.91 bits per heavy atom. The molecule has 1 amide bonds. The van der Waals surface area contributed by atoms with Crippen molar-refractivity contribution in [3.8, 4) is 0 Å². The van der Waals surface area contributed by atoms with Crippen LogP contribution in [0.3, 0.4) is 0 Å². The Labute approximate surface area is 67.5 Å². The van der Waals surface area contributed by atoms with Crippen LogP contribution in [-0.4, -0.2) is 29.9 Å². The zero-order valence-corrected chi connectivity index (χ0v) is 7.05. The molecular weight excluding hydrogens is 140 g/mol. The van der Waals surface area contributed by atoms with E-state index in [-0.39, 0.29) is 11.9 Å². The Kier molecular flexibility index (Phi) is 2.88. The second kappa shape index (κ2) is 3.72. The van der Waals surface area contributed by atoms with Gasteiger partial charge in [-0.25, -0.2) is 0 Å². The fourth-order valence-electron chi connectivity index (χ4n) is 1.39. The lowest BCUT2D eigenvalue weighted by molar-refractivity contribution is -0.130. The van der Waals surface area contributed by atoms with Gasteiger partial charge in [-0.3, -0.25) is 4.79 Å². The minimum atomic E-state index is 0.218. The molecular formula is C8H16N2O. The molecule has 1 unspecified atom stereocenters. The van der Waals surface area contributed by atoms with E-state index in [1.54, 1.807) is 0 Å². The van der Waals surface area contributed by atoms with E-state index in [4.69, 9.17) is 5.73 Å². The van der Waals surface area contributed by atoms with E-state index < -0.39 is 0 Å². The molecule has 0 aliphatic carbocycles. The van der Waals surface area contributed by atoms with Crippen molar-refractivity contribution in [2.45, 2.75) is 32.2 Å². The van der Waals surface area contributed by atoms with Gasteiger partial charge in [0.15, 0.2) is 0 Å². The molecule has 1 aliphatic rings. The molecule has 0 aromatic rings. The van der Waals surface area contributed by atoms with Gasteiger partial charge in [-0.2, -0.15) is 0 Å². The summed E-state index contributed by atoms with van der Waals surface area (Å²) in [5, 5.41) is 0. The van der Waals surface area contributed by atoms with Gasteiger partial charge in [0.1, 0.15) is 0 Å².